The zero-order chi connectivity index (χ0) is 16.8. The van der Waals surface area contributed by atoms with Crippen LogP contribution in [0.4, 0.5) is 0 Å². The van der Waals surface area contributed by atoms with Crippen LogP contribution in [0.5, 0.6) is 5.75 Å². The van der Waals surface area contributed by atoms with E-state index in [-0.39, 0.29) is 11.2 Å². The number of pyridine rings is 1. The number of likely N-dealkylation sites (tertiary alicyclic amines) is 1. The van der Waals surface area contributed by atoms with Gasteiger partial charge in [0.1, 0.15) is 0 Å². The quantitative estimate of drug-likeness (QED) is 0.836. The molecule has 0 aliphatic carbocycles. The van der Waals surface area contributed by atoms with E-state index in [0.29, 0.717) is 0 Å². The minimum absolute atomic E-state index is 0.152. The van der Waals surface area contributed by atoms with E-state index in [9.17, 15) is 9.90 Å². The second-order valence-corrected chi connectivity index (χ2v) is 6.72. The van der Waals surface area contributed by atoms with Crippen molar-refractivity contribution in [3.05, 3.63) is 28.2 Å². The largest absolute Gasteiger partial charge is 0.503 e. The van der Waals surface area contributed by atoms with Gasteiger partial charge >= 0.3 is 0 Å². The summed E-state index contributed by atoms with van der Waals surface area (Å²) < 4.78 is 2.05. The first-order valence-corrected chi connectivity index (χ1v) is 8.90. The van der Waals surface area contributed by atoms with Crippen LogP contribution in [-0.4, -0.2) is 52.2 Å². The van der Waals surface area contributed by atoms with Crippen molar-refractivity contribution in [3.63, 3.8) is 0 Å². The maximum Gasteiger partial charge on any atom is 0.223 e. The lowest BCUT2D eigenvalue weighted by atomic mass is 10.0. The van der Waals surface area contributed by atoms with Crippen molar-refractivity contribution < 1.29 is 5.11 Å². The van der Waals surface area contributed by atoms with Gasteiger partial charge in [0.25, 0.3) is 0 Å². The Labute approximate surface area is 139 Å². The number of aromatic nitrogens is 1. The summed E-state index contributed by atoms with van der Waals surface area (Å²) >= 11 is 0. The topological polar surface area (TPSA) is 48.7 Å². The Morgan fingerprint density at radius 1 is 1.35 bits per heavy atom. The fourth-order valence-electron chi connectivity index (χ4n) is 3.40. The number of hydrogen-bond acceptors (Lipinski definition) is 4. The van der Waals surface area contributed by atoms with Gasteiger partial charge in [-0.15, -0.1) is 0 Å². The molecule has 0 aromatic carbocycles. The van der Waals surface area contributed by atoms with Gasteiger partial charge in [0.15, 0.2) is 5.75 Å². The van der Waals surface area contributed by atoms with Gasteiger partial charge in [-0.1, -0.05) is 20.8 Å². The van der Waals surface area contributed by atoms with E-state index in [1.165, 1.54) is 12.8 Å². The summed E-state index contributed by atoms with van der Waals surface area (Å²) in [6.45, 7) is 13.3. The lowest BCUT2D eigenvalue weighted by Crippen LogP contribution is -2.35. The molecule has 0 spiro atoms. The Balaban J connectivity index is 2.12. The summed E-state index contributed by atoms with van der Waals surface area (Å²) in [7, 11) is 0. The first-order chi connectivity index (χ1) is 11.0. The molecule has 23 heavy (non-hydrogen) atoms. The molecule has 0 radical (unpaired) electrons. The van der Waals surface area contributed by atoms with E-state index in [0.717, 1.165) is 57.4 Å². The first kappa shape index (κ1) is 18.0. The number of hydrogen-bond donors (Lipinski definition) is 1. The highest BCUT2D eigenvalue weighted by Crippen LogP contribution is 2.18. The van der Waals surface area contributed by atoms with E-state index in [4.69, 9.17) is 0 Å². The van der Waals surface area contributed by atoms with Crippen LogP contribution in [-0.2, 0) is 13.1 Å². The molecule has 2 rings (SSSR count). The maximum atomic E-state index is 11.9. The number of likely N-dealkylation sites (N-methyl/N-ethyl adjacent to an activating group) is 1. The average Bonchev–Trinajstić information content (AvgIpc) is 2.52. The highest BCUT2D eigenvalue weighted by atomic mass is 16.3. The minimum atomic E-state index is -0.274. The summed E-state index contributed by atoms with van der Waals surface area (Å²) in [6.07, 6.45) is 4.12. The Morgan fingerprint density at radius 2 is 2.09 bits per heavy atom. The summed E-state index contributed by atoms with van der Waals surface area (Å²) in [5.41, 5.74) is 0.734. The van der Waals surface area contributed by atoms with Crippen molar-refractivity contribution in [1.29, 1.82) is 0 Å². The molecule has 1 aliphatic heterocycles. The number of rotatable bonds is 7. The van der Waals surface area contributed by atoms with E-state index < -0.39 is 0 Å². The molecular formula is C18H31N3O2. The first-order valence-electron chi connectivity index (χ1n) is 8.90. The summed E-state index contributed by atoms with van der Waals surface area (Å²) in [5, 5.41) is 9.79. The lowest BCUT2D eigenvalue weighted by molar-refractivity contribution is 0.171. The Bertz CT molecular complexity index is 552. The monoisotopic (exact) mass is 321 g/mol. The SMILES string of the molecule is CCN(CC)CCn1cc(O)c(=O)cc1CN1CCCC(C)C1. The molecule has 1 unspecified atom stereocenters. The fourth-order valence-corrected chi connectivity index (χ4v) is 3.40. The van der Waals surface area contributed by atoms with Crippen molar-refractivity contribution in [1.82, 2.24) is 14.4 Å². The third kappa shape index (κ3) is 5.08. The summed E-state index contributed by atoms with van der Waals surface area (Å²) in [5.74, 6) is 0.567. The predicted octanol–water partition coefficient (Wildman–Crippen LogP) is 2.13. The smallest absolute Gasteiger partial charge is 0.223 e. The molecular weight excluding hydrogens is 290 g/mol. The van der Waals surface area contributed by atoms with E-state index in [1.54, 1.807) is 12.3 Å². The third-order valence-corrected chi connectivity index (χ3v) is 4.88. The molecule has 0 amide bonds. The molecule has 5 heteroatoms. The molecule has 1 aromatic rings. The second kappa shape index (κ2) is 8.50. The van der Waals surface area contributed by atoms with Gasteiger partial charge in [-0.3, -0.25) is 9.69 Å². The van der Waals surface area contributed by atoms with Crippen LogP contribution in [0.15, 0.2) is 17.1 Å². The van der Waals surface area contributed by atoms with Crippen LogP contribution >= 0.6 is 0 Å². The van der Waals surface area contributed by atoms with Gasteiger partial charge in [0, 0.05) is 37.9 Å². The van der Waals surface area contributed by atoms with Gasteiger partial charge in [0.2, 0.25) is 5.43 Å². The average molecular weight is 321 g/mol. The van der Waals surface area contributed by atoms with Crippen LogP contribution in [0.25, 0.3) is 0 Å². The molecule has 1 aliphatic rings. The van der Waals surface area contributed by atoms with Crippen LogP contribution in [0.3, 0.4) is 0 Å². The van der Waals surface area contributed by atoms with Gasteiger partial charge in [-0.25, -0.2) is 0 Å². The number of aromatic hydroxyl groups is 1. The normalized spacial score (nSPS) is 19.4. The van der Waals surface area contributed by atoms with E-state index in [1.807, 2.05) is 4.57 Å². The molecule has 1 atom stereocenters. The van der Waals surface area contributed by atoms with Crippen LogP contribution < -0.4 is 5.43 Å². The minimum Gasteiger partial charge on any atom is -0.503 e. The zero-order valence-corrected chi connectivity index (χ0v) is 14.8. The molecule has 130 valence electrons. The number of nitrogens with zero attached hydrogens (tertiary/aromatic N) is 3. The highest BCUT2D eigenvalue weighted by Gasteiger charge is 2.18. The highest BCUT2D eigenvalue weighted by molar-refractivity contribution is 5.20. The van der Waals surface area contributed by atoms with Gasteiger partial charge in [-0.05, 0) is 38.4 Å². The van der Waals surface area contributed by atoms with Gasteiger partial charge in [0.05, 0.1) is 6.20 Å². The van der Waals surface area contributed by atoms with E-state index in [2.05, 4.69) is 30.6 Å². The maximum absolute atomic E-state index is 11.9. The van der Waals surface area contributed by atoms with Crippen LogP contribution in [0.1, 0.15) is 39.3 Å². The standard InChI is InChI=1S/C18H31N3O2/c1-4-19(5-2)9-10-21-14-18(23)17(22)11-16(21)13-20-8-6-7-15(3)12-20/h11,14-15,23H,4-10,12-13H2,1-3H3. The Hall–Kier alpha value is -1.33. The van der Waals surface area contributed by atoms with Crippen molar-refractivity contribution in [2.75, 3.05) is 32.7 Å². The zero-order valence-electron chi connectivity index (χ0n) is 14.8. The number of piperidine rings is 1. The molecule has 1 N–H and O–H groups in total. The van der Waals surface area contributed by atoms with Gasteiger partial charge in [-0.2, -0.15) is 0 Å². The Kier molecular flexibility index (Phi) is 6.66. The van der Waals surface area contributed by atoms with Crippen molar-refractivity contribution >= 4 is 0 Å². The molecule has 1 aromatic heterocycles. The summed E-state index contributed by atoms with van der Waals surface area (Å²) in [6, 6.07) is 1.61. The molecule has 2 heterocycles. The van der Waals surface area contributed by atoms with Crippen LogP contribution in [0, 0.1) is 5.92 Å². The molecule has 0 saturated carbocycles. The van der Waals surface area contributed by atoms with Crippen molar-refractivity contribution in [3.8, 4) is 5.75 Å². The molecule has 5 nitrogen and oxygen atoms in total. The second-order valence-electron chi connectivity index (χ2n) is 6.72. The predicted molar refractivity (Wildman–Crippen MR) is 93.8 cm³/mol. The van der Waals surface area contributed by atoms with Crippen molar-refractivity contribution in [2.24, 2.45) is 5.92 Å². The Morgan fingerprint density at radius 3 is 2.74 bits per heavy atom. The van der Waals surface area contributed by atoms with Gasteiger partial charge < -0.3 is 14.6 Å². The summed E-state index contributed by atoms with van der Waals surface area (Å²) in [4.78, 5) is 16.6. The van der Waals surface area contributed by atoms with Crippen molar-refractivity contribution in [2.45, 2.75) is 46.7 Å². The molecule has 1 saturated heterocycles. The lowest BCUT2D eigenvalue weighted by Gasteiger charge is -2.31. The van der Waals surface area contributed by atoms with Crippen LogP contribution in [0.2, 0.25) is 0 Å². The third-order valence-electron chi connectivity index (χ3n) is 4.88. The molecule has 0 bridgehead atoms. The fraction of sp³-hybridized carbons (Fsp3) is 0.722. The molecule has 1 fully saturated rings. The van der Waals surface area contributed by atoms with E-state index >= 15 is 0 Å².